The summed E-state index contributed by atoms with van der Waals surface area (Å²) in [4.78, 5) is 0. The Hall–Kier alpha value is -1.46. The summed E-state index contributed by atoms with van der Waals surface area (Å²) >= 11 is 1.16. The van der Waals surface area contributed by atoms with Crippen LogP contribution in [0.15, 0.2) is 18.3 Å². The van der Waals surface area contributed by atoms with Gasteiger partial charge in [0, 0.05) is 5.56 Å². The van der Waals surface area contributed by atoms with E-state index in [0.717, 1.165) is 39.9 Å². The molecule has 0 radical (unpaired) electrons. The van der Waals surface area contributed by atoms with Crippen molar-refractivity contribution in [3.8, 4) is 5.75 Å². The number of nitrogens with two attached hydrogens (primary N) is 1. The minimum absolute atomic E-state index is 0.288. The van der Waals surface area contributed by atoms with Crippen LogP contribution in [-0.2, 0) is 0 Å². The fourth-order valence-electron chi connectivity index (χ4n) is 1.96. The maximum Gasteiger partial charge on any atom is 0.124 e. The maximum absolute atomic E-state index is 6.21. The second-order valence-electron chi connectivity index (χ2n) is 4.01. The highest BCUT2D eigenvalue weighted by Crippen LogP contribution is 2.31. The van der Waals surface area contributed by atoms with Crippen LogP contribution in [0, 0.1) is 13.8 Å². The number of benzene rings is 1. The van der Waals surface area contributed by atoms with Crippen LogP contribution in [0.4, 0.5) is 0 Å². The van der Waals surface area contributed by atoms with Crippen LogP contribution in [-0.4, -0.2) is 15.9 Å². The molecule has 0 fully saturated rings. The average molecular weight is 249 g/mol. The van der Waals surface area contributed by atoms with E-state index in [9.17, 15) is 0 Å². The first-order valence-corrected chi connectivity index (χ1v) is 6.04. The lowest BCUT2D eigenvalue weighted by Gasteiger charge is -2.17. The van der Waals surface area contributed by atoms with Crippen LogP contribution in [0.1, 0.15) is 28.4 Å². The molecular weight excluding hydrogens is 234 g/mol. The second kappa shape index (κ2) is 4.81. The maximum atomic E-state index is 6.21. The number of methoxy groups -OCH3 is 1. The van der Waals surface area contributed by atoms with Gasteiger partial charge in [-0.3, -0.25) is 0 Å². The standard InChI is InChI=1S/C12H15N3OS/c1-7-4-8(2)11(10(5-7)16-3)12(13)9-6-14-17-15-9/h4-6,12H,13H2,1-3H3. The minimum Gasteiger partial charge on any atom is -0.496 e. The molecular formula is C12H15N3OS. The largest absolute Gasteiger partial charge is 0.496 e. The molecule has 17 heavy (non-hydrogen) atoms. The molecule has 0 saturated carbocycles. The zero-order valence-corrected chi connectivity index (χ0v) is 10.9. The predicted octanol–water partition coefficient (Wildman–Crippen LogP) is 2.21. The van der Waals surface area contributed by atoms with Gasteiger partial charge in [-0.15, -0.1) is 0 Å². The number of aryl methyl sites for hydroxylation is 2. The number of hydrogen-bond donors (Lipinski definition) is 1. The van der Waals surface area contributed by atoms with Gasteiger partial charge >= 0.3 is 0 Å². The molecule has 0 saturated heterocycles. The van der Waals surface area contributed by atoms with E-state index in [1.807, 2.05) is 19.9 Å². The minimum atomic E-state index is -0.288. The first kappa shape index (κ1) is 12.0. The van der Waals surface area contributed by atoms with E-state index in [1.54, 1.807) is 13.3 Å². The highest BCUT2D eigenvalue weighted by atomic mass is 32.1. The van der Waals surface area contributed by atoms with Crippen LogP contribution in [0.2, 0.25) is 0 Å². The van der Waals surface area contributed by atoms with E-state index < -0.39 is 0 Å². The van der Waals surface area contributed by atoms with Crippen LogP contribution in [0.3, 0.4) is 0 Å². The molecule has 1 atom stereocenters. The third-order valence-corrected chi connectivity index (χ3v) is 3.21. The van der Waals surface area contributed by atoms with E-state index >= 15 is 0 Å². The van der Waals surface area contributed by atoms with Gasteiger partial charge in [-0.2, -0.15) is 8.75 Å². The Morgan fingerprint density at radius 2 is 2.12 bits per heavy atom. The fraction of sp³-hybridized carbons (Fsp3) is 0.333. The molecule has 2 aromatic rings. The third kappa shape index (κ3) is 2.30. The van der Waals surface area contributed by atoms with Gasteiger partial charge in [0.05, 0.1) is 36.8 Å². The quantitative estimate of drug-likeness (QED) is 0.906. The molecule has 90 valence electrons. The first-order chi connectivity index (χ1) is 8.13. The lowest BCUT2D eigenvalue weighted by atomic mass is 9.97. The molecule has 0 aliphatic heterocycles. The van der Waals surface area contributed by atoms with Gasteiger partial charge in [0.1, 0.15) is 5.75 Å². The Morgan fingerprint density at radius 1 is 1.35 bits per heavy atom. The van der Waals surface area contributed by atoms with E-state index in [1.165, 1.54) is 0 Å². The van der Waals surface area contributed by atoms with Crippen LogP contribution in [0.5, 0.6) is 5.75 Å². The van der Waals surface area contributed by atoms with Gasteiger partial charge in [-0.05, 0) is 31.0 Å². The van der Waals surface area contributed by atoms with Gasteiger partial charge in [-0.25, -0.2) is 0 Å². The fourth-order valence-corrected chi connectivity index (χ4v) is 2.42. The highest BCUT2D eigenvalue weighted by Gasteiger charge is 2.19. The molecule has 5 heteroatoms. The highest BCUT2D eigenvalue weighted by molar-refractivity contribution is 6.99. The summed E-state index contributed by atoms with van der Waals surface area (Å²) < 4.78 is 13.6. The Morgan fingerprint density at radius 3 is 2.71 bits per heavy atom. The van der Waals surface area contributed by atoms with Crippen molar-refractivity contribution in [1.82, 2.24) is 8.75 Å². The summed E-state index contributed by atoms with van der Waals surface area (Å²) in [5.74, 6) is 0.808. The number of hydrogen-bond acceptors (Lipinski definition) is 5. The van der Waals surface area contributed by atoms with Crippen LogP contribution < -0.4 is 10.5 Å². The van der Waals surface area contributed by atoms with E-state index in [4.69, 9.17) is 10.5 Å². The van der Waals surface area contributed by atoms with Crippen molar-refractivity contribution < 1.29 is 4.74 Å². The molecule has 1 aromatic heterocycles. The van der Waals surface area contributed by atoms with Crippen molar-refractivity contribution in [3.05, 3.63) is 40.7 Å². The summed E-state index contributed by atoms with van der Waals surface area (Å²) in [5.41, 5.74) is 10.2. The van der Waals surface area contributed by atoms with Crippen LogP contribution in [0.25, 0.3) is 0 Å². The molecule has 4 nitrogen and oxygen atoms in total. The summed E-state index contributed by atoms with van der Waals surface area (Å²) in [5, 5.41) is 0. The summed E-state index contributed by atoms with van der Waals surface area (Å²) in [6, 6.07) is 3.80. The van der Waals surface area contributed by atoms with Crippen molar-refractivity contribution in [2.75, 3.05) is 7.11 Å². The Balaban J connectivity index is 2.51. The molecule has 1 heterocycles. The van der Waals surface area contributed by atoms with Crippen molar-refractivity contribution in [2.24, 2.45) is 5.73 Å². The van der Waals surface area contributed by atoms with Crippen LogP contribution >= 0.6 is 11.7 Å². The van der Waals surface area contributed by atoms with Crippen molar-refractivity contribution in [2.45, 2.75) is 19.9 Å². The van der Waals surface area contributed by atoms with Gasteiger partial charge in [-0.1, -0.05) is 6.07 Å². The summed E-state index contributed by atoms with van der Waals surface area (Å²) in [6.45, 7) is 4.07. The molecule has 2 N–H and O–H groups in total. The summed E-state index contributed by atoms with van der Waals surface area (Å²) in [7, 11) is 1.66. The molecule has 1 unspecified atom stereocenters. The topological polar surface area (TPSA) is 61.0 Å². The van der Waals surface area contributed by atoms with Gasteiger partial charge < -0.3 is 10.5 Å². The Bertz CT molecular complexity index is 511. The van der Waals surface area contributed by atoms with Crippen molar-refractivity contribution >= 4 is 11.7 Å². The molecule has 1 aromatic carbocycles. The van der Waals surface area contributed by atoms with E-state index in [2.05, 4.69) is 14.8 Å². The number of rotatable bonds is 3. The van der Waals surface area contributed by atoms with E-state index in [0.29, 0.717) is 0 Å². The number of aromatic nitrogens is 2. The number of ether oxygens (including phenoxy) is 1. The monoisotopic (exact) mass is 249 g/mol. The molecule has 0 amide bonds. The molecule has 0 aliphatic rings. The second-order valence-corrected chi connectivity index (χ2v) is 4.56. The van der Waals surface area contributed by atoms with Gasteiger partial charge in [0.15, 0.2) is 0 Å². The summed E-state index contributed by atoms with van der Waals surface area (Å²) in [6.07, 6.45) is 1.70. The zero-order chi connectivity index (χ0) is 12.4. The Labute approximate surface area is 105 Å². The Kier molecular flexibility index (Phi) is 3.40. The van der Waals surface area contributed by atoms with E-state index in [-0.39, 0.29) is 6.04 Å². The SMILES string of the molecule is COc1cc(C)cc(C)c1C(N)c1cnsn1. The van der Waals surface area contributed by atoms with Gasteiger partial charge in [0.25, 0.3) is 0 Å². The van der Waals surface area contributed by atoms with Crippen molar-refractivity contribution in [3.63, 3.8) is 0 Å². The smallest absolute Gasteiger partial charge is 0.124 e. The lowest BCUT2D eigenvalue weighted by molar-refractivity contribution is 0.406. The molecule has 0 aliphatic carbocycles. The average Bonchev–Trinajstić information content (AvgIpc) is 2.80. The van der Waals surface area contributed by atoms with Gasteiger partial charge in [0.2, 0.25) is 0 Å². The predicted molar refractivity (Wildman–Crippen MR) is 68.4 cm³/mol. The number of nitrogens with zero attached hydrogens (tertiary/aromatic N) is 2. The molecule has 0 spiro atoms. The molecule has 2 rings (SSSR count). The lowest BCUT2D eigenvalue weighted by Crippen LogP contribution is -2.15. The van der Waals surface area contributed by atoms with Crippen molar-refractivity contribution in [1.29, 1.82) is 0 Å². The third-order valence-electron chi connectivity index (χ3n) is 2.72. The normalized spacial score (nSPS) is 12.5. The molecule has 0 bridgehead atoms. The first-order valence-electron chi connectivity index (χ1n) is 5.31. The zero-order valence-electron chi connectivity index (χ0n) is 10.1.